The van der Waals surface area contributed by atoms with E-state index in [0.717, 1.165) is 12.0 Å². The molecule has 4 aliphatic carbocycles. The van der Waals surface area contributed by atoms with Crippen LogP contribution in [0.4, 0.5) is 0 Å². The van der Waals surface area contributed by atoms with Crippen LogP contribution in [0, 0.1) is 39.4 Å². The van der Waals surface area contributed by atoms with Crippen molar-refractivity contribution in [2.45, 2.75) is 248 Å². The minimum Gasteiger partial charge on any atom is -0.462 e. The molecule has 9 aliphatic rings. The molecule has 0 aromatic carbocycles. The number of allylic oxidation sites excluding steroid dienone is 3. The summed E-state index contributed by atoms with van der Waals surface area (Å²) in [6.45, 7) is 19.2. The van der Waals surface area contributed by atoms with E-state index in [1.165, 1.54) is 33.5 Å². The van der Waals surface area contributed by atoms with Crippen LogP contribution < -0.4 is 0 Å². The van der Waals surface area contributed by atoms with Gasteiger partial charge >= 0.3 is 17.9 Å². The number of cyclic esters (lactones) is 1. The second-order valence-corrected chi connectivity index (χ2v) is 25.8. The number of carbonyl (C=O) groups excluding carboxylic acids is 3. The molecule has 0 aromatic rings. The summed E-state index contributed by atoms with van der Waals surface area (Å²) in [5.41, 5.74) is -1.94. The molecular weight excluding hydrogens is 1070 g/mol. The van der Waals surface area contributed by atoms with Gasteiger partial charge in [-0.1, -0.05) is 44.9 Å². The third-order valence-electron chi connectivity index (χ3n) is 20.5. The van der Waals surface area contributed by atoms with Gasteiger partial charge in [-0.05, 0) is 100 Å². The van der Waals surface area contributed by atoms with Crippen LogP contribution in [0.15, 0.2) is 23.8 Å². The van der Waals surface area contributed by atoms with E-state index in [2.05, 4.69) is 40.3 Å². The molecule has 3 saturated carbocycles. The van der Waals surface area contributed by atoms with Gasteiger partial charge in [0.1, 0.15) is 91.6 Å². The molecule has 24 nitrogen and oxygen atoms in total. The van der Waals surface area contributed by atoms with Gasteiger partial charge in [0.2, 0.25) is 0 Å². The van der Waals surface area contributed by atoms with E-state index in [4.69, 9.17) is 56.8 Å². The maximum absolute atomic E-state index is 14.9. The Labute approximate surface area is 472 Å². The second kappa shape index (κ2) is 23.5. The van der Waals surface area contributed by atoms with E-state index in [9.17, 15) is 60.3 Å². The van der Waals surface area contributed by atoms with E-state index in [-0.39, 0.29) is 29.8 Å². The van der Waals surface area contributed by atoms with Crippen LogP contribution in [0.2, 0.25) is 0 Å². The number of fused-ring (bicyclic) bond motifs is 4. The Kier molecular flexibility index (Phi) is 18.2. The number of rotatable bonds is 16. The van der Waals surface area contributed by atoms with Gasteiger partial charge in [-0.2, -0.15) is 0 Å². The molecule has 0 aromatic heterocycles. The first kappa shape index (κ1) is 62.7. The standard InChI is InChI=1S/C57H88O24/c1-24(2)12-15-36(75-27(5)60)56(10)47-32(74-26(4)59)20-55(9)29-13-14-34-53(6,7)35(17-18-54(34,8)28(29)16-19-57(47,55)52(69)81-56)77-51-46(37(63)30(61)22-72-51)80-49-40(66)39(65)43(25(3)73-49)78-48-41(67)44(31(62)23-71-48)79-50-42(68)45(70-11)38(64)33(21-58)76-50/h16,25,29-51,58,61-68H,1,12-15,17-23H2,2-11H3. The molecule has 0 bridgehead atoms. The maximum Gasteiger partial charge on any atom is 0.314 e. The van der Waals surface area contributed by atoms with Crippen molar-refractivity contribution in [1.82, 2.24) is 0 Å². The summed E-state index contributed by atoms with van der Waals surface area (Å²) in [6, 6.07) is 0. The summed E-state index contributed by atoms with van der Waals surface area (Å²) >= 11 is 0. The number of ether oxygens (including phenoxy) is 12. The fourth-order valence-corrected chi connectivity index (χ4v) is 16.5. The molecule has 0 radical (unpaired) electrons. The van der Waals surface area contributed by atoms with E-state index < -0.39 is 182 Å². The molecular formula is C57H88O24. The Bertz CT molecular complexity index is 2340. The first-order chi connectivity index (χ1) is 38.0. The van der Waals surface area contributed by atoms with Crippen LogP contribution in [0.1, 0.15) is 114 Å². The van der Waals surface area contributed by atoms with Gasteiger partial charge in [0, 0.05) is 21.0 Å². The highest BCUT2D eigenvalue weighted by molar-refractivity contribution is 5.84. The zero-order chi connectivity index (χ0) is 59.2. The highest BCUT2D eigenvalue weighted by Gasteiger charge is 2.81. The van der Waals surface area contributed by atoms with Crippen molar-refractivity contribution in [2.75, 3.05) is 26.9 Å². The van der Waals surface area contributed by atoms with Crippen molar-refractivity contribution in [3.8, 4) is 0 Å². The number of aliphatic hydroxyl groups excluding tert-OH is 9. The highest BCUT2D eigenvalue weighted by atomic mass is 16.8. The predicted molar refractivity (Wildman–Crippen MR) is 276 cm³/mol. The van der Waals surface area contributed by atoms with E-state index >= 15 is 0 Å². The van der Waals surface area contributed by atoms with Gasteiger partial charge in [0.05, 0.1) is 43.4 Å². The zero-order valence-electron chi connectivity index (χ0n) is 48.1. The molecule has 24 heteroatoms. The number of esters is 3. The molecule has 8 fully saturated rings. The van der Waals surface area contributed by atoms with Crippen molar-refractivity contribution in [3.63, 3.8) is 0 Å². The average Bonchev–Trinajstić information content (AvgIpc) is 2.09. The Hall–Kier alpha value is -2.83. The molecule has 1 spiro atoms. The molecule has 5 heterocycles. The van der Waals surface area contributed by atoms with Crippen molar-refractivity contribution >= 4 is 17.9 Å². The first-order valence-electron chi connectivity index (χ1n) is 28.7. The molecule has 9 rings (SSSR count). The minimum atomic E-state index is -1.86. The normalized spacial score (nSPS) is 49.7. The van der Waals surface area contributed by atoms with Gasteiger partial charge in [-0.15, -0.1) is 6.58 Å². The largest absolute Gasteiger partial charge is 0.462 e. The van der Waals surface area contributed by atoms with Gasteiger partial charge in [0.15, 0.2) is 30.8 Å². The summed E-state index contributed by atoms with van der Waals surface area (Å²) in [7, 11) is 1.22. The average molecular weight is 1160 g/mol. The lowest BCUT2D eigenvalue weighted by Gasteiger charge is -2.63. The number of carbonyl (C=O) groups is 3. The van der Waals surface area contributed by atoms with E-state index in [1.54, 1.807) is 0 Å². The molecule has 5 saturated heterocycles. The summed E-state index contributed by atoms with van der Waals surface area (Å²) in [4.78, 5) is 40.5. The Morgan fingerprint density at radius 1 is 0.741 bits per heavy atom. The SMILES string of the molecule is C=C(C)CCC(OC(C)=O)C1(C)OC(=O)C23CC=C4C(CCC5C4(C)CCC(OC4OCC(O)C(O)C4OC4OC(C)C(OC6OCC(O)C(OC7OC(CO)C(O)C(OC)C7O)C6O)C(O)C4O)C5(C)C)C2(C)CC(OC(C)=O)C13. The minimum absolute atomic E-state index is 0.0242. The fourth-order valence-electron chi connectivity index (χ4n) is 16.5. The Morgan fingerprint density at radius 3 is 2.04 bits per heavy atom. The molecule has 460 valence electrons. The van der Waals surface area contributed by atoms with Crippen molar-refractivity contribution in [1.29, 1.82) is 0 Å². The van der Waals surface area contributed by atoms with Crippen molar-refractivity contribution in [3.05, 3.63) is 23.8 Å². The third-order valence-corrected chi connectivity index (χ3v) is 20.5. The van der Waals surface area contributed by atoms with Gasteiger partial charge in [0.25, 0.3) is 0 Å². The fraction of sp³-hybridized carbons (Fsp3) is 0.877. The van der Waals surface area contributed by atoms with Crippen LogP contribution in [-0.2, 0) is 71.2 Å². The lowest BCUT2D eigenvalue weighted by Crippen LogP contribution is -2.65. The van der Waals surface area contributed by atoms with Gasteiger partial charge in [-0.25, -0.2) is 0 Å². The molecule has 81 heavy (non-hydrogen) atoms. The molecule has 0 amide bonds. The van der Waals surface area contributed by atoms with Crippen LogP contribution in [0.5, 0.6) is 0 Å². The number of aliphatic hydroxyl groups is 9. The number of methoxy groups -OCH3 is 1. The summed E-state index contributed by atoms with van der Waals surface area (Å²) in [5.74, 6) is -2.06. The van der Waals surface area contributed by atoms with Gasteiger partial charge in [-0.3, -0.25) is 14.4 Å². The van der Waals surface area contributed by atoms with Gasteiger partial charge < -0.3 is 103 Å². The monoisotopic (exact) mass is 1160 g/mol. The van der Waals surface area contributed by atoms with Crippen LogP contribution in [0.3, 0.4) is 0 Å². The number of hydrogen-bond donors (Lipinski definition) is 9. The highest BCUT2D eigenvalue weighted by Crippen LogP contribution is 2.76. The third kappa shape index (κ3) is 10.7. The summed E-state index contributed by atoms with van der Waals surface area (Å²) in [6.07, 6.45) is -22.7. The summed E-state index contributed by atoms with van der Waals surface area (Å²) < 4.78 is 72.0. The van der Waals surface area contributed by atoms with Crippen LogP contribution in [-0.4, -0.2) is 225 Å². The zero-order valence-corrected chi connectivity index (χ0v) is 48.1. The Balaban J connectivity index is 0.887. The summed E-state index contributed by atoms with van der Waals surface area (Å²) in [5, 5.41) is 98.9. The number of hydrogen-bond acceptors (Lipinski definition) is 24. The maximum atomic E-state index is 14.9. The smallest absolute Gasteiger partial charge is 0.314 e. The predicted octanol–water partition coefficient (Wildman–Crippen LogP) is 0.334. The lowest BCUT2D eigenvalue weighted by molar-refractivity contribution is -0.382. The molecule has 28 unspecified atom stereocenters. The second-order valence-electron chi connectivity index (χ2n) is 25.8. The van der Waals surface area contributed by atoms with Crippen molar-refractivity contribution in [2.24, 2.45) is 39.4 Å². The molecule has 9 N–H and O–H groups in total. The molecule has 5 aliphatic heterocycles. The van der Waals surface area contributed by atoms with Crippen LogP contribution >= 0.6 is 0 Å². The lowest BCUT2D eigenvalue weighted by atomic mass is 9.41. The molecule has 28 atom stereocenters. The van der Waals surface area contributed by atoms with Crippen molar-refractivity contribution < 1.29 is 117 Å². The van der Waals surface area contributed by atoms with E-state index in [0.29, 0.717) is 44.9 Å². The topological polar surface area (TPSA) is 344 Å². The van der Waals surface area contributed by atoms with Crippen LogP contribution in [0.25, 0.3) is 0 Å². The quantitative estimate of drug-likeness (QED) is 0.0435. The van der Waals surface area contributed by atoms with E-state index in [1.807, 2.05) is 13.8 Å². The first-order valence-corrected chi connectivity index (χ1v) is 28.7. The Morgan fingerprint density at radius 2 is 1.38 bits per heavy atom.